The van der Waals surface area contributed by atoms with Crippen LogP contribution < -0.4 is 4.74 Å². The van der Waals surface area contributed by atoms with Crippen molar-refractivity contribution >= 4 is 11.9 Å². The highest BCUT2D eigenvalue weighted by atomic mass is 16.5. The van der Waals surface area contributed by atoms with Gasteiger partial charge in [-0.15, -0.1) is 0 Å². The molecule has 1 aliphatic rings. The van der Waals surface area contributed by atoms with Crippen molar-refractivity contribution in [1.82, 2.24) is 4.90 Å². The van der Waals surface area contributed by atoms with Gasteiger partial charge < -0.3 is 14.4 Å². The van der Waals surface area contributed by atoms with Gasteiger partial charge in [0.15, 0.2) is 6.10 Å². The van der Waals surface area contributed by atoms with Crippen molar-refractivity contribution in [3.05, 3.63) is 29.8 Å². The summed E-state index contributed by atoms with van der Waals surface area (Å²) in [6.45, 7) is 7.12. The van der Waals surface area contributed by atoms with Crippen molar-refractivity contribution in [3.63, 3.8) is 0 Å². The zero-order valence-corrected chi connectivity index (χ0v) is 14.1. The van der Waals surface area contributed by atoms with E-state index in [4.69, 9.17) is 9.47 Å². The first-order chi connectivity index (χ1) is 11.0. The van der Waals surface area contributed by atoms with E-state index in [2.05, 4.69) is 0 Å². The van der Waals surface area contributed by atoms with Crippen molar-refractivity contribution in [1.29, 1.82) is 0 Å². The zero-order valence-electron chi connectivity index (χ0n) is 14.1. The molecule has 0 spiro atoms. The van der Waals surface area contributed by atoms with E-state index in [0.717, 1.165) is 5.56 Å². The number of nitrogens with zero attached hydrogens (tertiary/aromatic N) is 1. The highest BCUT2D eigenvalue weighted by Crippen LogP contribution is 2.20. The number of hydrogen-bond acceptors (Lipinski definition) is 4. The molecule has 0 N–H and O–H groups in total. The highest BCUT2D eigenvalue weighted by Gasteiger charge is 2.30. The molecule has 1 unspecified atom stereocenters. The molecule has 5 nitrogen and oxygen atoms in total. The lowest BCUT2D eigenvalue weighted by Gasteiger charge is -2.32. The summed E-state index contributed by atoms with van der Waals surface area (Å²) in [7, 11) is 0. The maximum Gasteiger partial charge on any atom is 0.309 e. The minimum absolute atomic E-state index is 0.0344. The SMILES string of the molecule is CCOC(=O)C1CCN(C(=O)C(C)Oc2ccc(C)cc2)CC1. The van der Waals surface area contributed by atoms with Crippen molar-refractivity contribution in [2.75, 3.05) is 19.7 Å². The summed E-state index contributed by atoms with van der Waals surface area (Å²) in [6.07, 6.45) is 0.778. The van der Waals surface area contributed by atoms with E-state index in [9.17, 15) is 9.59 Å². The average molecular weight is 319 g/mol. The van der Waals surface area contributed by atoms with Crippen molar-refractivity contribution in [3.8, 4) is 5.75 Å². The fraction of sp³-hybridized carbons (Fsp3) is 0.556. The third-order valence-corrected chi connectivity index (χ3v) is 4.11. The first-order valence-corrected chi connectivity index (χ1v) is 8.20. The Morgan fingerprint density at radius 1 is 1.22 bits per heavy atom. The Labute approximate surface area is 137 Å². The van der Waals surface area contributed by atoms with E-state index in [1.54, 1.807) is 18.7 Å². The van der Waals surface area contributed by atoms with Gasteiger partial charge in [-0.2, -0.15) is 0 Å². The average Bonchev–Trinajstić information content (AvgIpc) is 2.56. The third-order valence-electron chi connectivity index (χ3n) is 4.11. The van der Waals surface area contributed by atoms with Gasteiger partial charge in [-0.25, -0.2) is 0 Å². The number of rotatable bonds is 5. The monoisotopic (exact) mass is 319 g/mol. The van der Waals surface area contributed by atoms with Gasteiger partial charge in [0.25, 0.3) is 5.91 Å². The van der Waals surface area contributed by atoms with Crippen LogP contribution in [-0.2, 0) is 14.3 Å². The molecule has 2 rings (SSSR count). The Bertz CT molecular complexity index is 532. The summed E-state index contributed by atoms with van der Waals surface area (Å²) in [5, 5.41) is 0. The van der Waals surface area contributed by atoms with Crippen LogP contribution in [0.2, 0.25) is 0 Å². The molecule has 0 saturated carbocycles. The smallest absolute Gasteiger partial charge is 0.309 e. The van der Waals surface area contributed by atoms with Gasteiger partial charge in [0.1, 0.15) is 5.75 Å². The molecule has 1 atom stereocenters. The second-order valence-corrected chi connectivity index (χ2v) is 5.92. The lowest BCUT2D eigenvalue weighted by molar-refractivity contribution is -0.152. The van der Waals surface area contributed by atoms with Crippen LogP contribution in [0.15, 0.2) is 24.3 Å². The first kappa shape index (κ1) is 17.3. The fourth-order valence-corrected chi connectivity index (χ4v) is 2.72. The van der Waals surface area contributed by atoms with Crippen LogP contribution in [0.4, 0.5) is 0 Å². The molecule has 1 saturated heterocycles. The number of esters is 1. The molecule has 0 bridgehead atoms. The maximum atomic E-state index is 12.5. The molecule has 1 fully saturated rings. The maximum absolute atomic E-state index is 12.5. The molecule has 1 amide bonds. The predicted octanol–water partition coefficient (Wildman–Crippen LogP) is 2.56. The second kappa shape index (κ2) is 7.99. The van der Waals surface area contributed by atoms with Crippen LogP contribution in [0.1, 0.15) is 32.3 Å². The van der Waals surface area contributed by atoms with E-state index < -0.39 is 6.10 Å². The molecule has 23 heavy (non-hydrogen) atoms. The molecular weight excluding hydrogens is 294 g/mol. The lowest BCUT2D eigenvalue weighted by Crippen LogP contribution is -2.45. The van der Waals surface area contributed by atoms with Crippen LogP contribution in [-0.4, -0.2) is 42.6 Å². The van der Waals surface area contributed by atoms with Gasteiger partial charge in [0.2, 0.25) is 0 Å². The number of likely N-dealkylation sites (tertiary alicyclic amines) is 1. The predicted molar refractivity (Wildman–Crippen MR) is 87.2 cm³/mol. The molecule has 1 aliphatic heterocycles. The minimum atomic E-state index is -0.531. The number of benzene rings is 1. The van der Waals surface area contributed by atoms with Crippen LogP contribution >= 0.6 is 0 Å². The van der Waals surface area contributed by atoms with Crippen LogP contribution in [0, 0.1) is 12.8 Å². The molecule has 0 radical (unpaired) electrons. The summed E-state index contributed by atoms with van der Waals surface area (Å²) < 4.78 is 10.8. The van der Waals surface area contributed by atoms with Crippen LogP contribution in [0.25, 0.3) is 0 Å². The number of aryl methyl sites for hydroxylation is 1. The number of piperidine rings is 1. The number of carbonyl (C=O) groups is 2. The zero-order chi connectivity index (χ0) is 16.8. The fourth-order valence-electron chi connectivity index (χ4n) is 2.72. The summed E-state index contributed by atoms with van der Waals surface area (Å²) in [6, 6.07) is 7.65. The normalized spacial score (nSPS) is 16.7. The second-order valence-electron chi connectivity index (χ2n) is 5.92. The Balaban J connectivity index is 1.84. The molecule has 5 heteroatoms. The number of amides is 1. The molecule has 1 heterocycles. The highest BCUT2D eigenvalue weighted by molar-refractivity contribution is 5.81. The van der Waals surface area contributed by atoms with E-state index in [-0.39, 0.29) is 17.8 Å². The number of carbonyl (C=O) groups excluding carboxylic acids is 2. The Hall–Kier alpha value is -2.04. The Morgan fingerprint density at radius 3 is 2.39 bits per heavy atom. The van der Waals surface area contributed by atoms with E-state index >= 15 is 0 Å². The lowest BCUT2D eigenvalue weighted by atomic mass is 9.97. The molecule has 126 valence electrons. The van der Waals surface area contributed by atoms with Gasteiger partial charge in [0, 0.05) is 13.1 Å². The Kier molecular flexibility index (Phi) is 6.02. The summed E-state index contributed by atoms with van der Waals surface area (Å²) in [5.41, 5.74) is 1.15. The van der Waals surface area contributed by atoms with E-state index in [1.807, 2.05) is 31.2 Å². The molecule has 1 aromatic carbocycles. The standard InChI is InChI=1S/C18H25NO4/c1-4-22-18(21)15-9-11-19(12-10-15)17(20)14(3)23-16-7-5-13(2)6-8-16/h5-8,14-15H,4,9-12H2,1-3H3. The van der Waals surface area contributed by atoms with Gasteiger partial charge in [0.05, 0.1) is 12.5 Å². The summed E-state index contributed by atoms with van der Waals surface area (Å²) in [5.74, 6) is 0.418. The minimum Gasteiger partial charge on any atom is -0.481 e. The molecule has 0 aromatic heterocycles. The van der Waals surface area contributed by atoms with Crippen molar-refractivity contribution in [2.45, 2.75) is 39.7 Å². The number of ether oxygens (including phenoxy) is 2. The third kappa shape index (κ3) is 4.71. The van der Waals surface area contributed by atoms with E-state index in [1.165, 1.54) is 0 Å². The summed E-state index contributed by atoms with van der Waals surface area (Å²) in [4.78, 5) is 26.0. The quantitative estimate of drug-likeness (QED) is 0.783. The number of hydrogen-bond donors (Lipinski definition) is 0. The van der Waals surface area contributed by atoms with Gasteiger partial charge in [-0.05, 0) is 45.7 Å². The van der Waals surface area contributed by atoms with Crippen LogP contribution in [0.5, 0.6) is 5.75 Å². The van der Waals surface area contributed by atoms with Gasteiger partial charge >= 0.3 is 5.97 Å². The first-order valence-electron chi connectivity index (χ1n) is 8.20. The van der Waals surface area contributed by atoms with Crippen molar-refractivity contribution in [2.24, 2.45) is 5.92 Å². The van der Waals surface area contributed by atoms with Gasteiger partial charge in [-0.3, -0.25) is 9.59 Å². The molecular formula is C18H25NO4. The van der Waals surface area contributed by atoms with E-state index in [0.29, 0.717) is 38.3 Å². The van der Waals surface area contributed by atoms with Crippen molar-refractivity contribution < 1.29 is 19.1 Å². The Morgan fingerprint density at radius 2 is 1.83 bits per heavy atom. The van der Waals surface area contributed by atoms with Crippen LogP contribution in [0.3, 0.4) is 0 Å². The largest absolute Gasteiger partial charge is 0.481 e. The van der Waals surface area contributed by atoms with Gasteiger partial charge in [-0.1, -0.05) is 17.7 Å². The summed E-state index contributed by atoms with van der Waals surface area (Å²) >= 11 is 0. The topological polar surface area (TPSA) is 55.8 Å². The molecule has 1 aromatic rings. The molecule has 0 aliphatic carbocycles.